The number of aliphatic carboxylic acids is 2. The van der Waals surface area contributed by atoms with Crippen LogP contribution in [0.2, 0.25) is 0 Å². The van der Waals surface area contributed by atoms with Crippen molar-refractivity contribution in [3.05, 3.63) is 0 Å². The maximum Gasteiger partial charge on any atom is 0.332 e. The summed E-state index contributed by atoms with van der Waals surface area (Å²) in [6.45, 7) is 3.89. The van der Waals surface area contributed by atoms with Crippen molar-refractivity contribution in [2.24, 2.45) is 0 Å². The molecule has 0 aromatic rings. The number of aliphatic hydroxyl groups excluding tert-OH is 2. The quantitative estimate of drug-likeness (QED) is 0.105. The highest BCUT2D eigenvalue weighted by atomic mass is 16.4. The number of unbranched alkanes of at least 4 members (excludes halogenated alkanes) is 19. The van der Waals surface area contributed by atoms with Gasteiger partial charge in [0.2, 0.25) is 0 Å². The summed E-state index contributed by atoms with van der Waals surface area (Å²) in [4.78, 5) is 20.2. The number of aliphatic hydroxyl groups is 2. The van der Waals surface area contributed by atoms with Crippen molar-refractivity contribution in [2.45, 2.75) is 167 Å². The summed E-state index contributed by atoms with van der Waals surface area (Å²) >= 11 is 0. The van der Waals surface area contributed by atoms with Gasteiger partial charge in [0.1, 0.15) is 0 Å². The highest BCUT2D eigenvalue weighted by Crippen LogP contribution is 2.15. The first kappa shape index (κ1) is 35.0. The van der Waals surface area contributed by atoms with Gasteiger partial charge in [-0.25, -0.2) is 9.59 Å². The van der Waals surface area contributed by atoms with Gasteiger partial charge < -0.3 is 20.4 Å². The molecule has 0 saturated heterocycles. The summed E-state index contributed by atoms with van der Waals surface area (Å²) in [5, 5.41) is 34.0. The maximum atomic E-state index is 10.5. The van der Waals surface area contributed by atoms with Crippen molar-refractivity contribution in [2.75, 3.05) is 0 Å². The molecule has 6 nitrogen and oxygen atoms in total. The van der Waals surface area contributed by atoms with E-state index in [2.05, 4.69) is 6.92 Å². The summed E-state index contributed by atoms with van der Waals surface area (Å²) in [6.07, 6.45) is 25.2. The fraction of sp³-hybridized carbons (Fsp3) is 0.929. The fourth-order valence-corrected chi connectivity index (χ4v) is 3.89. The first-order chi connectivity index (χ1) is 16.4. The zero-order valence-electron chi connectivity index (χ0n) is 22.3. The monoisotopic (exact) mass is 488 g/mol. The SMILES string of the molecule is CCC(O)C(=O)O.CCCCCCCCCCCCCCCCCCCCCCC(O)C(=O)O. The molecule has 204 valence electrons. The van der Waals surface area contributed by atoms with Crippen LogP contribution in [0.1, 0.15) is 155 Å². The molecule has 0 aromatic carbocycles. The Labute approximate surface area is 209 Å². The second-order valence-electron chi connectivity index (χ2n) is 9.62. The average molecular weight is 489 g/mol. The lowest BCUT2D eigenvalue weighted by Gasteiger charge is -2.05. The number of carboxylic acid groups (broad SMARTS) is 2. The van der Waals surface area contributed by atoms with Crippen molar-refractivity contribution >= 4 is 11.9 Å². The molecule has 0 aliphatic carbocycles. The first-order valence-electron chi connectivity index (χ1n) is 14.2. The van der Waals surface area contributed by atoms with E-state index in [4.69, 9.17) is 15.3 Å². The van der Waals surface area contributed by atoms with Gasteiger partial charge in [0.15, 0.2) is 12.2 Å². The van der Waals surface area contributed by atoms with Crippen LogP contribution >= 0.6 is 0 Å². The molecule has 0 spiro atoms. The number of hydrogen-bond acceptors (Lipinski definition) is 4. The average Bonchev–Trinajstić information content (AvgIpc) is 2.82. The van der Waals surface area contributed by atoms with Gasteiger partial charge in [-0.2, -0.15) is 0 Å². The second-order valence-corrected chi connectivity index (χ2v) is 9.62. The molecular weight excluding hydrogens is 432 g/mol. The number of carboxylic acids is 2. The van der Waals surface area contributed by atoms with Gasteiger partial charge in [0, 0.05) is 0 Å². The zero-order valence-corrected chi connectivity index (χ0v) is 22.3. The Morgan fingerprint density at radius 3 is 0.941 bits per heavy atom. The van der Waals surface area contributed by atoms with Crippen molar-refractivity contribution in [1.82, 2.24) is 0 Å². The second kappa shape index (κ2) is 28.1. The van der Waals surface area contributed by atoms with Crippen molar-refractivity contribution in [3.8, 4) is 0 Å². The highest BCUT2D eigenvalue weighted by molar-refractivity contribution is 5.72. The predicted molar refractivity (Wildman–Crippen MR) is 140 cm³/mol. The van der Waals surface area contributed by atoms with Gasteiger partial charge in [-0.1, -0.05) is 142 Å². The Balaban J connectivity index is 0. The molecule has 4 N–H and O–H groups in total. The molecule has 0 amide bonds. The minimum atomic E-state index is -1.18. The number of carbonyl (C=O) groups is 2. The molecule has 2 atom stereocenters. The van der Waals surface area contributed by atoms with E-state index in [1.165, 1.54) is 116 Å². The van der Waals surface area contributed by atoms with Crippen LogP contribution in [-0.4, -0.2) is 44.6 Å². The minimum Gasteiger partial charge on any atom is -0.479 e. The topological polar surface area (TPSA) is 115 Å². The summed E-state index contributed by atoms with van der Waals surface area (Å²) < 4.78 is 0. The van der Waals surface area contributed by atoms with Crippen molar-refractivity contribution < 1.29 is 30.0 Å². The van der Waals surface area contributed by atoms with Crippen molar-refractivity contribution in [3.63, 3.8) is 0 Å². The van der Waals surface area contributed by atoms with Crippen LogP contribution < -0.4 is 0 Å². The standard InChI is InChI=1S/C24H48O3.C4H8O3/c1-2-3-4-5-6-7-8-9-10-11-12-13-14-15-16-17-18-19-20-21-22-23(25)24(26)27;1-2-3(5)4(6)7/h23,25H,2-22H2,1H3,(H,26,27);3,5H,2H2,1H3,(H,6,7). The van der Waals surface area contributed by atoms with E-state index in [0.29, 0.717) is 6.42 Å². The molecule has 2 unspecified atom stereocenters. The number of hydrogen-bond donors (Lipinski definition) is 4. The van der Waals surface area contributed by atoms with Crippen LogP contribution in [0.5, 0.6) is 0 Å². The molecular formula is C28H56O6. The van der Waals surface area contributed by atoms with E-state index in [1.807, 2.05) is 0 Å². The lowest BCUT2D eigenvalue weighted by atomic mass is 10.0. The Morgan fingerprint density at radius 2 is 0.735 bits per heavy atom. The van der Waals surface area contributed by atoms with Gasteiger partial charge in [-0.3, -0.25) is 0 Å². The minimum absolute atomic E-state index is 0.273. The van der Waals surface area contributed by atoms with Gasteiger partial charge in [0.25, 0.3) is 0 Å². The molecule has 0 aliphatic rings. The molecule has 0 radical (unpaired) electrons. The molecule has 34 heavy (non-hydrogen) atoms. The largest absolute Gasteiger partial charge is 0.479 e. The Morgan fingerprint density at radius 1 is 0.471 bits per heavy atom. The molecule has 0 rings (SSSR count). The molecule has 0 saturated carbocycles. The van der Waals surface area contributed by atoms with Crippen LogP contribution in [0.4, 0.5) is 0 Å². The molecule has 0 heterocycles. The smallest absolute Gasteiger partial charge is 0.332 e. The van der Waals surface area contributed by atoms with E-state index >= 15 is 0 Å². The van der Waals surface area contributed by atoms with Crippen LogP contribution in [0.25, 0.3) is 0 Å². The molecule has 6 heteroatoms. The Hall–Kier alpha value is -1.14. The molecule has 0 fully saturated rings. The van der Waals surface area contributed by atoms with Crippen LogP contribution in [0.15, 0.2) is 0 Å². The summed E-state index contributed by atoms with van der Waals surface area (Å²) in [5.41, 5.74) is 0. The van der Waals surface area contributed by atoms with E-state index in [9.17, 15) is 14.7 Å². The third-order valence-corrected chi connectivity index (χ3v) is 6.29. The van der Waals surface area contributed by atoms with E-state index in [1.54, 1.807) is 6.92 Å². The zero-order chi connectivity index (χ0) is 25.9. The number of rotatable bonds is 24. The third-order valence-electron chi connectivity index (χ3n) is 6.29. The van der Waals surface area contributed by atoms with Gasteiger partial charge in [0.05, 0.1) is 0 Å². The molecule has 0 aromatic heterocycles. The molecule has 0 bridgehead atoms. The van der Waals surface area contributed by atoms with Gasteiger partial charge in [-0.05, 0) is 12.8 Å². The van der Waals surface area contributed by atoms with E-state index < -0.39 is 24.1 Å². The summed E-state index contributed by atoms with van der Waals surface area (Å²) in [6, 6.07) is 0. The molecule has 0 aliphatic heterocycles. The predicted octanol–water partition coefficient (Wildman–Crippen LogP) is 7.49. The Bertz CT molecular complexity index is 441. The van der Waals surface area contributed by atoms with Crippen LogP contribution in [-0.2, 0) is 9.59 Å². The summed E-state index contributed by atoms with van der Waals surface area (Å²) in [7, 11) is 0. The normalized spacial score (nSPS) is 12.6. The van der Waals surface area contributed by atoms with Gasteiger partial charge >= 0.3 is 11.9 Å². The first-order valence-corrected chi connectivity index (χ1v) is 14.2. The summed E-state index contributed by atoms with van der Waals surface area (Å²) in [5.74, 6) is -2.24. The highest BCUT2D eigenvalue weighted by Gasteiger charge is 2.11. The van der Waals surface area contributed by atoms with Crippen LogP contribution in [0, 0.1) is 0 Å². The fourth-order valence-electron chi connectivity index (χ4n) is 3.89. The Kier molecular flexibility index (Phi) is 28.9. The van der Waals surface area contributed by atoms with Crippen LogP contribution in [0.3, 0.4) is 0 Å². The third kappa shape index (κ3) is 28.9. The maximum absolute atomic E-state index is 10.5. The lowest BCUT2D eigenvalue weighted by molar-refractivity contribution is -0.147. The lowest BCUT2D eigenvalue weighted by Crippen LogP contribution is -2.18. The van der Waals surface area contributed by atoms with Gasteiger partial charge in [-0.15, -0.1) is 0 Å². The van der Waals surface area contributed by atoms with E-state index in [0.717, 1.165) is 12.8 Å². The van der Waals surface area contributed by atoms with Crippen molar-refractivity contribution in [1.29, 1.82) is 0 Å². The van der Waals surface area contributed by atoms with E-state index in [-0.39, 0.29) is 6.42 Å².